The number of benzene rings is 4. The van der Waals surface area contributed by atoms with Crippen molar-refractivity contribution in [3.8, 4) is 23.0 Å². The minimum absolute atomic E-state index is 0.0629. The van der Waals surface area contributed by atoms with Crippen LogP contribution in [0.3, 0.4) is 0 Å². The van der Waals surface area contributed by atoms with E-state index in [0.29, 0.717) is 28.3 Å². The van der Waals surface area contributed by atoms with Crippen LogP contribution in [0.4, 0.5) is 16.2 Å². The molecule has 16 heteroatoms. The maximum absolute atomic E-state index is 12.8. The lowest BCUT2D eigenvalue weighted by Crippen LogP contribution is -2.49. The SMILES string of the molecule is C=C1C(=O)N(c2cc(C)c(C)c(OC)c2)[C@H]1c1ccc(C)c(O)c1.C=C1C(=O)N(c2cc(C)c(C)c(OC)c2)[C@H]1c1ccc(C)c(OC(=O)CNC(=O)OC(C)(C)C)c1.CC(C)(C)OC(=O)CCC(=O)O. The summed E-state index contributed by atoms with van der Waals surface area (Å²) in [7, 11) is 3.22. The van der Waals surface area contributed by atoms with E-state index in [9.17, 15) is 33.9 Å². The highest BCUT2D eigenvalue weighted by Gasteiger charge is 2.44. The van der Waals surface area contributed by atoms with Crippen molar-refractivity contribution < 1.29 is 62.7 Å². The molecule has 4 aromatic rings. The number of aliphatic carboxylic acids is 1. The molecule has 0 aliphatic carbocycles. The number of esters is 2. The van der Waals surface area contributed by atoms with E-state index in [0.717, 1.165) is 55.9 Å². The van der Waals surface area contributed by atoms with Crippen molar-refractivity contribution in [1.82, 2.24) is 5.32 Å². The second kappa shape index (κ2) is 22.9. The van der Waals surface area contributed by atoms with E-state index in [1.807, 2.05) is 83.1 Å². The molecule has 6 rings (SSSR count). The topological polar surface area (TPSA) is 208 Å². The number of alkyl carbamates (subject to hydrolysis) is 1. The molecule has 2 aliphatic heterocycles. The number of nitrogens with one attached hydrogen (secondary N) is 1. The van der Waals surface area contributed by atoms with Gasteiger partial charge < -0.3 is 39.2 Å². The predicted octanol–water partition coefficient (Wildman–Crippen LogP) is 9.86. The standard InChI is InChI=1S/C27H32N2O6.C20H21NO3.C8H14O4/c1-15-9-10-19(12-21(15)34-23(30)14-28-26(32)35-27(5,6)7)24-18(4)25(31)29(24)20-11-16(2)17(3)22(13-20)33-8;1-11-6-7-15(9-17(11)22)19-14(4)20(23)21(19)16-8-12(2)13(3)18(10-16)24-5;1-8(2,3)12-7(11)5-4-6(9)10/h9-13,24H,4,14H2,1-3,5-8H3,(H,28,32);6-10,19,22H,4H2,1-3,5H3;4-5H2,1-3H3,(H,9,10)/t24-;19-;/m11./s1. The van der Waals surface area contributed by atoms with E-state index in [2.05, 4.69) is 18.5 Å². The van der Waals surface area contributed by atoms with Gasteiger partial charge in [-0.25, -0.2) is 9.59 Å². The van der Waals surface area contributed by atoms with Gasteiger partial charge in [-0.3, -0.25) is 29.0 Å². The predicted molar refractivity (Wildman–Crippen MR) is 270 cm³/mol. The Morgan fingerprint density at radius 3 is 1.48 bits per heavy atom. The first kappa shape index (κ1) is 56.0. The molecule has 3 N–H and O–H groups in total. The lowest BCUT2D eigenvalue weighted by molar-refractivity contribution is -0.157. The number of rotatable bonds is 12. The van der Waals surface area contributed by atoms with Gasteiger partial charge in [-0.15, -0.1) is 0 Å². The average molecular weight is 978 g/mol. The van der Waals surface area contributed by atoms with Gasteiger partial charge in [0.15, 0.2) is 0 Å². The zero-order valence-corrected chi connectivity index (χ0v) is 43.2. The number of anilines is 2. The summed E-state index contributed by atoms with van der Waals surface area (Å²) in [6, 6.07) is 17.8. The Labute approximate surface area is 416 Å². The molecule has 2 aliphatic rings. The summed E-state index contributed by atoms with van der Waals surface area (Å²) in [5.41, 5.74) is 8.48. The zero-order valence-electron chi connectivity index (χ0n) is 43.2. The Morgan fingerprint density at radius 1 is 0.606 bits per heavy atom. The van der Waals surface area contributed by atoms with Gasteiger partial charge in [0.05, 0.1) is 39.1 Å². The van der Waals surface area contributed by atoms with Gasteiger partial charge in [-0.2, -0.15) is 0 Å². The highest BCUT2D eigenvalue weighted by atomic mass is 16.6. The molecule has 4 aromatic carbocycles. The molecule has 380 valence electrons. The van der Waals surface area contributed by atoms with E-state index in [4.69, 9.17) is 28.8 Å². The molecule has 71 heavy (non-hydrogen) atoms. The number of amides is 3. The minimum atomic E-state index is -0.985. The van der Waals surface area contributed by atoms with Crippen LogP contribution in [-0.2, 0) is 33.4 Å². The number of carboxylic acid groups (broad SMARTS) is 1. The highest BCUT2D eigenvalue weighted by molar-refractivity contribution is 6.16. The summed E-state index contributed by atoms with van der Waals surface area (Å²) in [4.78, 5) is 73.6. The first-order valence-corrected chi connectivity index (χ1v) is 22.8. The van der Waals surface area contributed by atoms with Crippen LogP contribution in [0.25, 0.3) is 0 Å². The first-order chi connectivity index (χ1) is 33.0. The van der Waals surface area contributed by atoms with Gasteiger partial charge >= 0.3 is 24.0 Å². The number of methoxy groups -OCH3 is 2. The van der Waals surface area contributed by atoms with Crippen molar-refractivity contribution in [3.05, 3.63) is 129 Å². The fourth-order valence-electron chi connectivity index (χ4n) is 7.42. The van der Waals surface area contributed by atoms with Gasteiger partial charge in [-0.1, -0.05) is 37.4 Å². The molecule has 2 saturated heterocycles. The number of phenols is 1. The van der Waals surface area contributed by atoms with Crippen molar-refractivity contribution in [1.29, 1.82) is 0 Å². The minimum Gasteiger partial charge on any atom is -0.508 e. The Kier molecular flexibility index (Phi) is 18.0. The van der Waals surface area contributed by atoms with E-state index >= 15 is 0 Å². The molecule has 0 unspecified atom stereocenters. The summed E-state index contributed by atoms with van der Waals surface area (Å²) in [6.07, 6.45) is -0.940. The van der Waals surface area contributed by atoms with Gasteiger partial charge in [0.1, 0.15) is 40.7 Å². The maximum atomic E-state index is 12.8. The molecule has 3 amide bonds. The first-order valence-electron chi connectivity index (χ1n) is 22.8. The maximum Gasteiger partial charge on any atom is 0.408 e. The van der Waals surface area contributed by atoms with Crippen LogP contribution in [-0.4, -0.2) is 78.0 Å². The number of carbonyl (C=O) groups excluding carboxylic acids is 5. The van der Waals surface area contributed by atoms with Crippen LogP contribution >= 0.6 is 0 Å². The monoisotopic (exact) mass is 977 g/mol. The third-order valence-electron chi connectivity index (χ3n) is 11.4. The fraction of sp³-hybridized carbons (Fsp3) is 0.382. The van der Waals surface area contributed by atoms with E-state index in [1.54, 1.807) is 84.6 Å². The van der Waals surface area contributed by atoms with E-state index in [-0.39, 0.29) is 43.0 Å². The Balaban J connectivity index is 0.000000262. The second-order valence-electron chi connectivity index (χ2n) is 19.3. The van der Waals surface area contributed by atoms with Crippen LogP contribution < -0.4 is 29.3 Å². The smallest absolute Gasteiger partial charge is 0.408 e. The molecule has 0 aromatic heterocycles. The summed E-state index contributed by atoms with van der Waals surface area (Å²) in [5.74, 6) is -0.381. The van der Waals surface area contributed by atoms with Crippen LogP contribution in [0.5, 0.6) is 23.0 Å². The lowest BCUT2D eigenvalue weighted by atomic mass is 9.87. The third-order valence-corrected chi connectivity index (χ3v) is 11.4. The number of nitrogens with zero attached hydrogens (tertiary/aromatic N) is 2. The van der Waals surface area contributed by atoms with Gasteiger partial charge in [0, 0.05) is 34.7 Å². The fourth-order valence-corrected chi connectivity index (χ4v) is 7.42. The number of β-lactam (4-membered cyclic amide) rings is 2. The quantitative estimate of drug-likeness (QED) is 0.0524. The van der Waals surface area contributed by atoms with Crippen molar-refractivity contribution in [3.63, 3.8) is 0 Å². The third kappa shape index (κ3) is 14.2. The summed E-state index contributed by atoms with van der Waals surface area (Å²) in [5, 5.41) is 20.6. The molecular weight excluding hydrogens is 911 g/mol. The number of carbonyl (C=O) groups is 6. The largest absolute Gasteiger partial charge is 0.508 e. The van der Waals surface area contributed by atoms with Gasteiger partial charge in [-0.05, 0) is 152 Å². The van der Waals surface area contributed by atoms with Crippen molar-refractivity contribution in [2.45, 2.75) is 119 Å². The van der Waals surface area contributed by atoms with Crippen molar-refractivity contribution >= 4 is 47.2 Å². The number of ether oxygens (including phenoxy) is 5. The van der Waals surface area contributed by atoms with Crippen molar-refractivity contribution in [2.75, 3.05) is 30.6 Å². The molecule has 2 heterocycles. The molecule has 0 bridgehead atoms. The lowest BCUT2D eigenvalue weighted by Gasteiger charge is -2.43. The molecular formula is C55H67N3O13. The van der Waals surface area contributed by atoms with Crippen LogP contribution in [0.1, 0.15) is 111 Å². The molecule has 2 fully saturated rings. The molecule has 0 saturated carbocycles. The number of aromatic hydroxyl groups is 1. The highest BCUT2D eigenvalue weighted by Crippen LogP contribution is 2.46. The number of carboxylic acids is 1. The normalized spacial score (nSPS) is 15.2. The Hall–Kier alpha value is -7.62. The van der Waals surface area contributed by atoms with E-state index < -0.39 is 41.2 Å². The number of hydrogen-bond donors (Lipinski definition) is 3. The summed E-state index contributed by atoms with van der Waals surface area (Å²) in [6.45, 7) is 29.5. The second-order valence-corrected chi connectivity index (χ2v) is 19.3. The summed E-state index contributed by atoms with van der Waals surface area (Å²) >= 11 is 0. The van der Waals surface area contributed by atoms with Crippen LogP contribution in [0.15, 0.2) is 85.0 Å². The average Bonchev–Trinajstić information content (AvgIpc) is 3.28. The molecule has 0 spiro atoms. The van der Waals surface area contributed by atoms with Crippen molar-refractivity contribution in [2.24, 2.45) is 0 Å². The van der Waals surface area contributed by atoms with E-state index in [1.165, 1.54) is 0 Å². The van der Waals surface area contributed by atoms with Crippen LogP contribution in [0.2, 0.25) is 0 Å². The molecule has 16 nitrogen and oxygen atoms in total. The number of phenolic OH excluding ortho intramolecular Hbond substituents is 1. The van der Waals surface area contributed by atoms with Gasteiger partial charge in [0.2, 0.25) is 0 Å². The zero-order chi connectivity index (χ0) is 53.4. The Bertz CT molecular complexity index is 2740. The molecule has 0 radical (unpaired) electrons. The summed E-state index contributed by atoms with van der Waals surface area (Å²) < 4.78 is 26.4. The number of aryl methyl sites for hydroxylation is 4. The Morgan fingerprint density at radius 2 is 1.06 bits per heavy atom. The number of hydrogen-bond acceptors (Lipinski definition) is 12. The van der Waals surface area contributed by atoms with Gasteiger partial charge in [0.25, 0.3) is 11.8 Å². The van der Waals surface area contributed by atoms with Crippen LogP contribution in [0, 0.1) is 41.5 Å². The molecule has 2 atom stereocenters.